The number of nitrogens with zero attached hydrogens (tertiary/aromatic N) is 1. The first-order valence-electron chi connectivity index (χ1n) is 3.35. The second-order valence-corrected chi connectivity index (χ2v) is 4.01. The van der Waals surface area contributed by atoms with Gasteiger partial charge in [-0.1, -0.05) is 13.8 Å². The average Bonchev–Trinajstić information content (AvgIpc) is 1.88. The fourth-order valence-corrected chi connectivity index (χ4v) is 1.51. The molecule has 0 fully saturated rings. The first-order valence-corrected chi connectivity index (χ1v) is 4.23. The van der Waals surface area contributed by atoms with Crippen LogP contribution in [0.2, 0.25) is 0 Å². The van der Waals surface area contributed by atoms with Crippen molar-refractivity contribution in [1.29, 1.82) is 0 Å². The van der Waals surface area contributed by atoms with Gasteiger partial charge in [-0.2, -0.15) is 0 Å². The Labute approximate surface area is 65.9 Å². The molecule has 0 aromatic carbocycles. The molecular formula is C8H11NS. The zero-order valence-corrected chi connectivity index (χ0v) is 7.06. The van der Waals surface area contributed by atoms with Crippen LogP contribution in [0.5, 0.6) is 0 Å². The zero-order chi connectivity index (χ0) is 7.40. The highest BCUT2D eigenvalue weighted by Gasteiger charge is 1.95. The number of hydrogen-bond donors (Lipinski definition) is 0. The van der Waals surface area contributed by atoms with Gasteiger partial charge in [0.2, 0.25) is 0 Å². The van der Waals surface area contributed by atoms with Gasteiger partial charge in [-0.15, -0.1) is 11.8 Å². The highest BCUT2D eigenvalue weighted by Crippen LogP contribution is 2.20. The minimum atomic E-state index is 0.643. The van der Waals surface area contributed by atoms with E-state index in [9.17, 15) is 0 Å². The summed E-state index contributed by atoms with van der Waals surface area (Å²) in [5.41, 5.74) is 0. The molecule has 0 aliphatic rings. The van der Waals surface area contributed by atoms with Gasteiger partial charge in [0.1, 0.15) is 0 Å². The normalized spacial score (nSPS) is 10.3. The molecule has 0 radical (unpaired) electrons. The van der Waals surface area contributed by atoms with E-state index in [1.165, 1.54) is 4.90 Å². The van der Waals surface area contributed by atoms with Crippen LogP contribution < -0.4 is 0 Å². The molecule has 1 rings (SSSR count). The third kappa shape index (κ3) is 2.40. The predicted octanol–water partition coefficient (Wildman–Crippen LogP) is 2.58. The third-order valence-corrected chi connectivity index (χ3v) is 1.99. The predicted molar refractivity (Wildman–Crippen MR) is 45.2 cm³/mol. The number of thioether (sulfide) groups is 1. The maximum absolute atomic E-state index is 4.02. The Bertz CT molecular complexity index is 184. The van der Waals surface area contributed by atoms with Crippen LogP contribution in [0.1, 0.15) is 13.8 Å². The van der Waals surface area contributed by atoms with E-state index in [-0.39, 0.29) is 0 Å². The summed E-state index contributed by atoms with van der Waals surface area (Å²) in [5.74, 6) is 0. The van der Waals surface area contributed by atoms with Crippen molar-refractivity contribution in [2.24, 2.45) is 0 Å². The van der Waals surface area contributed by atoms with E-state index >= 15 is 0 Å². The van der Waals surface area contributed by atoms with Gasteiger partial charge in [0, 0.05) is 22.5 Å². The summed E-state index contributed by atoms with van der Waals surface area (Å²) in [6.07, 6.45) is 3.69. The molecule has 2 heteroatoms. The van der Waals surface area contributed by atoms with Crippen molar-refractivity contribution in [3.8, 4) is 0 Å². The molecule has 0 unspecified atom stereocenters. The van der Waals surface area contributed by atoms with Crippen molar-refractivity contribution in [2.45, 2.75) is 24.0 Å². The number of hydrogen-bond acceptors (Lipinski definition) is 2. The number of rotatable bonds is 2. The molecule has 0 spiro atoms. The van der Waals surface area contributed by atoms with Gasteiger partial charge >= 0.3 is 0 Å². The fourth-order valence-electron chi connectivity index (χ4n) is 0.689. The Hall–Kier alpha value is -0.500. The molecule has 0 aliphatic heterocycles. The van der Waals surface area contributed by atoms with E-state index in [2.05, 4.69) is 24.9 Å². The van der Waals surface area contributed by atoms with Crippen LogP contribution in [0.15, 0.2) is 29.4 Å². The fraction of sp³-hybridized carbons (Fsp3) is 0.375. The highest BCUT2D eigenvalue weighted by molar-refractivity contribution is 7.99. The topological polar surface area (TPSA) is 12.9 Å². The van der Waals surface area contributed by atoms with Crippen molar-refractivity contribution in [1.82, 2.24) is 4.98 Å². The number of pyridine rings is 1. The van der Waals surface area contributed by atoms with Gasteiger partial charge in [-0.25, -0.2) is 0 Å². The van der Waals surface area contributed by atoms with E-state index in [0.29, 0.717) is 5.25 Å². The maximum Gasteiger partial charge on any atom is 0.0403 e. The monoisotopic (exact) mass is 153 g/mol. The lowest BCUT2D eigenvalue weighted by Gasteiger charge is -2.01. The molecule has 0 N–H and O–H groups in total. The Morgan fingerprint density at radius 2 is 2.30 bits per heavy atom. The summed E-state index contributed by atoms with van der Waals surface area (Å²) in [6, 6.07) is 4.04. The van der Waals surface area contributed by atoms with Crippen LogP contribution in [0, 0.1) is 0 Å². The van der Waals surface area contributed by atoms with E-state index in [0.717, 1.165) is 0 Å². The van der Waals surface area contributed by atoms with Crippen molar-refractivity contribution in [2.75, 3.05) is 0 Å². The van der Waals surface area contributed by atoms with E-state index in [1.807, 2.05) is 24.0 Å². The molecule has 0 atom stereocenters. The third-order valence-electron chi connectivity index (χ3n) is 1.01. The van der Waals surface area contributed by atoms with Crippen LogP contribution >= 0.6 is 11.8 Å². The van der Waals surface area contributed by atoms with Gasteiger partial charge in [0.25, 0.3) is 0 Å². The second kappa shape index (κ2) is 3.62. The molecule has 0 aliphatic carbocycles. The Kier molecular flexibility index (Phi) is 2.75. The first-order chi connectivity index (χ1) is 4.79. The standard InChI is InChI=1S/C8H11NS/c1-7(2)10-8-4-3-5-9-6-8/h3-7H,1-2H3. The van der Waals surface area contributed by atoms with Crippen molar-refractivity contribution in [3.63, 3.8) is 0 Å². The molecule has 0 saturated carbocycles. The molecule has 0 saturated heterocycles. The van der Waals surface area contributed by atoms with Crippen molar-refractivity contribution in [3.05, 3.63) is 24.5 Å². The van der Waals surface area contributed by atoms with E-state index < -0.39 is 0 Å². The van der Waals surface area contributed by atoms with Crippen molar-refractivity contribution < 1.29 is 0 Å². The van der Waals surface area contributed by atoms with Gasteiger partial charge in [-0.3, -0.25) is 4.98 Å². The first kappa shape index (κ1) is 7.61. The number of aromatic nitrogens is 1. The van der Waals surface area contributed by atoms with Crippen LogP contribution in [0.25, 0.3) is 0 Å². The molecule has 1 nitrogen and oxygen atoms in total. The molecular weight excluding hydrogens is 142 g/mol. The van der Waals surface area contributed by atoms with E-state index in [4.69, 9.17) is 0 Å². The maximum atomic E-state index is 4.02. The van der Waals surface area contributed by atoms with Crippen LogP contribution in [-0.2, 0) is 0 Å². The van der Waals surface area contributed by atoms with Gasteiger partial charge in [0.15, 0.2) is 0 Å². The summed E-state index contributed by atoms with van der Waals surface area (Å²) in [7, 11) is 0. The van der Waals surface area contributed by atoms with Crippen LogP contribution in [0.4, 0.5) is 0 Å². The summed E-state index contributed by atoms with van der Waals surface area (Å²) in [6.45, 7) is 4.36. The zero-order valence-electron chi connectivity index (χ0n) is 6.24. The van der Waals surface area contributed by atoms with Gasteiger partial charge in [0.05, 0.1) is 0 Å². The average molecular weight is 153 g/mol. The van der Waals surface area contributed by atoms with Gasteiger partial charge in [-0.05, 0) is 12.1 Å². The SMILES string of the molecule is CC(C)Sc1cccnc1. The van der Waals surface area contributed by atoms with Crippen LogP contribution in [-0.4, -0.2) is 10.2 Å². The molecule has 1 aromatic rings. The molecule has 10 heavy (non-hydrogen) atoms. The lowest BCUT2D eigenvalue weighted by Crippen LogP contribution is -1.85. The summed E-state index contributed by atoms with van der Waals surface area (Å²) < 4.78 is 0. The summed E-state index contributed by atoms with van der Waals surface area (Å²) >= 11 is 1.84. The smallest absolute Gasteiger partial charge is 0.0403 e. The molecule has 54 valence electrons. The van der Waals surface area contributed by atoms with E-state index in [1.54, 1.807) is 6.20 Å². The van der Waals surface area contributed by atoms with Crippen molar-refractivity contribution >= 4 is 11.8 Å². The molecule has 0 bridgehead atoms. The lowest BCUT2D eigenvalue weighted by molar-refractivity contribution is 1.10. The summed E-state index contributed by atoms with van der Waals surface area (Å²) in [5, 5.41) is 0.643. The Morgan fingerprint density at radius 3 is 2.80 bits per heavy atom. The lowest BCUT2D eigenvalue weighted by atomic mass is 10.5. The largest absolute Gasteiger partial charge is 0.264 e. The summed E-state index contributed by atoms with van der Waals surface area (Å²) in [4.78, 5) is 5.26. The highest BCUT2D eigenvalue weighted by atomic mass is 32.2. The Balaban J connectivity index is 2.59. The minimum Gasteiger partial charge on any atom is -0.264 e. The molecule has 0 amide bonds. The second-order valence-electron chi connectivity index (χ2n) is 2.36. The molecule has 1 heterocycles. The van der Waals surface area contributed by atoms with Crippen LogP contribution in [0.3, 0.4) is 0 Å². The quantitative estimate of drug-likeness (QED) is 0.606. The Morgan fingerprint density at radius 1 is 1.50 bits per heavy atom. The van der Waals surface area contributed by atoms with Gasteiger partial charge < -0.3 is 0 Å². The molecule has 1 aromatic heterocycles. The minimum absolute atomic E-state index is 0.643.